The first-order chi connectivity index (χ1) is 13.2. The number of nitrogens with one attached hydrogen (secondary N) is 1. The second kappa shape index (κ2) is 7.45. The first kappa shape index (κ1) is 17.0. The number of ether oxygens (including phenoxy) is 2. The van der Waals surface area contributed by atoms with Gasteiger partial charge in [0.25, 0.3) is 5.91 Å². The van der Waals surface area contributed by atoms with Crippen LogP contribution in [0.3, 0.4) is 0 Å². The third-order valence-electron chi connectivity index (χ3n) is 4.29. The van der Waals surface area contributed by atoms with Crippen molar-refractivity contribution in [1.29, 1.82) is 0 Å². The van der Waals surface area contributed by atoms with E-state index < -0.39 is 5.82 Å². The van der Waals surface area contributed by atoms with Crippen molar-refractivity contribution in [2.24, 2.45) is 0 Å². The number of carbonyl (C=O) groups is 1. The van der Waals surface area contributed by atoms with E-state index in [1.54, 1.807) is 36.5 Å². The van der Waals surface area contributed by atoms with E-state index in [1.807, 2.05) is 12.1 Å². The van der Waals surface area contributed by atoms with E-state index in [2.05, 4.69) is 10.3 Å². The molecule has 2 aromatic carbocycles. The van der Waals surface area contributed by atoms with Gasteiger partial charge in [0.1, 0.15) is 5.75 Å². The van der Waals surface area contributed by atoms with Crippen molar-refractivity contribution >= 4 is 5.91 Å². The summed E-state index contributed by atoms with van der Waals surface area (Å²) in [6.45, 7) is 0.781. The molecule has 0 saturated heterocycles. The fraction of sp³-hybridized carbons (Fsp3) is 0.143. The fourth-order valence-corrected chi connectivity index (χ4v) is 2.95. The minimum absolute atomic E-state index is 0.0815. The van der Waals surface area contributed by atoms with Crippen molar-refractivity contribution in [3.63, 3.8) is 0 Å². The maximum atomic E-state index is 13.8. The fourth-order valence-electron chi connectivity index (χ4n) is 2.95. The molecule has 1 amide bonds. The number of hydrogen-bond donors (Lipinski definition) is 1. The highest BCUT2D eigenvalue weighted by atomic mass is 19.1. The van der Waals surface area contributed by atoms with Crippen molar-refractivity contribution in [3.8, 4) is 17.4 Å². The molecule has 27 heavy (non-hydrogen) atoms. The third kappa shape index (κ3) is 3.60. The van der Waals surface area contributed by atoms with Gasteiger partial charge in [-0.15, -0.1) is 0 Å². The molecular weight excluding hydrogens is 347 g/mol. The van der Waals surface area contributed by atoms with E-state index in [1.165, 1.54) is 12.1 Å². The smallest absolute Gasteiger partial charge is 0.255 e. The van der Waals surface area contributed by atoms with Crippen LogP contribution >= 0.6 is 0 Å². The molecule has 0 spiro atoms. The Labute approximate surface area is 155 Å². The minimum atomic E-state index is -0.477. The zero-order valence-electron chi connectivity index (χ0n) is 14.4. The molecule has 1 N–H and O–H groups in total. The number of para-hydroxylation sites is 2. The molecule has 136 valence electrons. The Kier molecular flexibility index (Phi) is 4.70. The number of nitrogens with zero attached hydrogens (tertiary/aromatic N) is 1. The van der Waals surface area contributed by atoms with E-state index in [0.717, 1.165) is 12.0 Å². The van der Waals surface area contributed by atoms with Crippen LogP contribution in [0.25, 0.3) is 0 Å². The van der Waals surface area contributed by atoms with Gasteiger partial charge in [-0.3, -0.25) is 4.79 Å². The normalized spacial score (nSPS) is 12.2. The van der Waals surface area contributed by atoms with Crippen molar-refractivity contribution in [2.45, 2.75) is 13.0 Å². The summed E-state index contributed by atoms with van der Waals surface area (Å²) in [6, 6.07) is 15.2. The van der Waals surface area contributed by atoms with Gasteiger partial charge in [0, 0.05) is 24.7 Å². The van der Waals surface area contributed by atoms with Crippen LogP contribution in [0, 0.1) is 5.82 Å². The summed E-state index contributed by atoms with van der Waals surface area (Å²) in [5.74, 6) is 0.254. The molecule has 4 rings (SSSR count). The highest BCUT2D eigenvalue weighted by Crippen LogP contribution is 2.29. The summed E-state index contributed by atoms with van der Waals surface area (Å²) in [5.41, 5.74) is 2.18. The van der Waals surface area contributed by atoms with Gasteiger partial charge in [-0.05, 0) is 29.8 Å². The number of amides is 1. The molecule has 0 atom stereocenters. The summed E-state index contributed by atoms with van der Waals surface area (Å²) in [5, 5.41) is 2.85. The third-order valence-corrected chi connectivity index (χ3v) is 4.29. The Hall–Kier alpha value is -3.41. The number of benzene rings is 2. The Bertz CT molecular complexity index is 991. The second-order valence-corrected chi connectivity index (χ2v) is 6.08. The van der Waals surface area contributed by atoms with Crippen LogP contribution in [0.4, 0.5) is 4.39 Å². The predicted molar refractivity (Wildman–Crippen MR) is 97.5 cm³/mol. The molecule has 1 aromatic heterocycles. The van der Waals surface area contributed by atoms with E-state index in [9.17, 15) is 9.18 Å². The van der Waals surface area contributed by atoms with Crippen LogP contribution in [0.1, 0.15) is 21.5 Å². The molecular formula is C21H17FN2O3. The molecule has 0 fully saturated rings. The summed E-state index contributed by atoms with van der Waals surface area (Å²) < 4.78 is 25.0. The molecule has 0 aliphatic carbocycles. The number of aromatic nitrogens is 1. The van der Waals surface area contributed by atoms with Crippen LogP contribution in [-0.2, 0) is 13.0 Å². The van der Waals surface area contributed by atoms with Gasteiger partial charge in [-0.1, -0.05) is 30.3 Å². The Balaban J connectivity index is 1.50. The highest BCUT2D eigenvalue weighted by Gasteiger charge is 2.20. The lowest BCUT2D eigenvalue weighted by molar-refractivity contribution is 0.0947. The lowest BCUT2D eigenvalue weighted by Gasteiger charge is -2.12. The summed E-state index contributed by atoms with van der Waals surface area (Å²) >= 11 is 0. The molecule has 0 unspecified atom stereocenters. The van der Waals surface area contributed by atoms with Crippen molar-refractivity contribution in [2.75, 3.05) is 6.61 Å². The second-order valence-electron chi connectivity index (χ2n) is 6.08. The standard InChI is InChI=1S/C21H17FN2O3/c22-17-8-1-2-9-18(17)27-21-15(6-4-11-23-21)13-24-20(25)16-7-3-5-14-10-12-26-19(14)16/h1-9,11H,10,12-13H2,(H,24,25). The van der Waals surface area contributed by atoms with Gasteiger partial charge in [0.15, 0.2) is 11.6 Å². The van der Waals surface area contributed by atoms with Gasteiger partial charge in [-0.2, -0.15) is 0 Å². The average molecular weight is 364 g/mol. The van der Waals surface area contributed by atoms with Gasteiger partial charge in [0.2, 0.25) is 5.88 Å². The molecule has 2 heterocycles. The van der Waals surface area contributed by atoms with E-state index in [0.29, 0.717) is 23.5 Å². The van der Waals surface area contributed by atoms with Crippen LogP contribution in [0.15, 0.2) is 60.8 Å². The molecule has 5 nitrogen and oxygen atoms in total. The van der Waals surface area contributed by atoms with Crippen LogP contribution < -0.4 is 14.8 Å². The number of halogens is 1. The summed E-state index contributed by atoms with van der Waals surface area (Å²) in [6.07, 6.45) is 2.36. The molecule has 6 heteroatoms. The Morgan fingerprint density at radius 2 is 2.04 bits per heavy atom. The van der Waals surface area contributed by atoms with Gasteiger partial charge >= 0.3 is 0 Å². The summed E-state index contributed by atoms with van der Waals surface area (Å²) in [7, 11) is 0. The largest absolute Gasteiger partial charge is 0.492 e. The monoisotopic (exact) mass is 364 g/mol. The van der Waals surface area contributed by atoms with Crippen molar-refractivity contribution in [3.05, 3.63) is 83.3 Å². The highest BCUT2D eigenvalue weighted by molar-refractivity contribution is 5.97. The average Bonchev–Trinajstić information content (AvgIpc) is 3.17. The number of carbonyl (C=O) groups excluding carboxylic acids is 1. The van der Waals surface area contributed by atoms with Crippen molar-refractivity contribution < 1.29 is 18.7 Å². The molecule has 0 saturated carbocycles. The molecule has 0 bridgehead atoms. The summed E-state index contributed by atoms with van der Waals surface area (Å²) in [4.78, 5) is 16.7. The molecule has 1 aliphatic rings. The van der Waals surface area contributed by atoms with E-state index >= 15 is 0 Å². The number of pyridine rings is 1. The van der Waals surface area contributed by atoms with Gasteiger partial charge < -0.3 is 14.8 Å². The topological polar surface area (TPSA) is 60.5 Å². The van der Waals surface area contributed by atoms with Crippen molar-refractivity contribution in [1.82, 2.24) is 10.3 Å². The van der Waals surface area contributed by atoms with Crippen LogP contribution in [0.5, 0.6) is 17.4 Å². The molecule has 0 radical (unpaired) electrons. The lowest BCUT2D eigenvalue weighted by Crippen LogP contribution is -2.23. The molecule has 3 aromatic rings. The predicted octanol–water partition coefficient (Wildman–Crippen LogP) is 3.88. The quantitative estimate of drug-likeness (QED) is 0.746. The zero-order valence-corrected chi connectivity index (χ0v) is 14.4. The first-order valence-electron chi connectivity index (χ1n) is 8.61. The zero-order chi connectivity index (χ0) is 18.6. The van der Waals surface area contributed by atoms with Gasteiger partial charge in [0.05, 0.1) is 12.2 Å². The minimum Gasteiger partial charge on any atom is -0.492 e. The van der Waals surface area contributed by atoms with Gasteiger partial charge in [-0.25, -0.2) is 9.37 Å². The van der Waals surface area contributed by atoms with Crippen LogP contribution in [-0.4, -0.2) is 17.5 Å². The maximum absolute atomic E-state index is 13.8. The Morgan fingerprint density at radius 3 is 2.93 bits per heavy atom. The Morgan fingerprint density at radius 1 is 1.15 bits per heavy atom. The first-order valence-corrected chi connectivity index (χ1v) is 8.61. The number of hydrogen-bond acceptors (Lipinski definition) is 4. The van der Waals surface area contributed by atoms with Crippen LogP contribution in [0.2, 0.25) is 0 Å². The SMILES string of the molecule is O=C(NCc1cccnc1Oc1ccccc1F)c1cccc2c1OCC2. The lowest BCUT2D eigenvalue weighted by atomic mass is 10.1. The maximum Gasteiger partial charge on any atom is 0.255 e. The number of fused-ring (bicyclic) bond motifs is 1. The molecule has 1 aliphatic heterocycles. The number of rotatable bonds is 5. The van der Waals surface area contributed by atoms with E-state index in [4.69, 9.17) is 9.47 Å². The van der Waals surface area contributed by atoms with E-state index in [-0.39, 0.29) is 24.1 Å².